The van der Waals surface area contributed by atoms with Crippen LogP contribution in [-0.4, -0.2) is 30.6 Å². The second-order valence-corrected chi connectivity index (χ2v) is 8.00. The van der Waals surface area contributed by atoms with Gasteiger partial charge in [-0.1, -0.05) is 42.5 Å². The van der Waals surface area contributed by atoms with Crippen LogP contribution in [-0.2, 0) is 4.79 Å². The molecular formula is C24H20N6O3. The van der Waals surface area contributed by atoms with Gasteiger partial charge in [0.15, 0.2) is 0 Å². The molecule has 33 heavy (non-hydrogen) atoms. The van der Waals surface area contributed by atoms with Crippen molar-refractivity contribution in [3.63, 3.8) is 0 Å². The molecule has 2 aromatic heterocycles. The van der Waals surface area contributed by atoms with Gasteiger partial charge in [-0.15, -0.1) is 0 Å². The molecule has 9 heteroatoms. The number of non-ortho nitro benzene ring substituents is 1. The molecule has 1 atom stereocenters. The Morgan fingerprint density at radius 1 is 1.03 bits per heavy atom. The van der Waals surface area contributed by atoms with E-state index in [1.54, 1.807) is 16.8 Å². The highest BCUT2D eigenvalue weighted by Crippen LogP contribution is 2.44. The highest BCUT2D eigenvalue weighted by Gasteiger charge is 2.35. The number of carbonyl (C=O) groups is 1. The summed E-state index contributed by atoms with van der Waals surface area (Å²) in [6, 6.07) is 17.9. The van der Waals surface area contributed by atoms with E-state index in [2.05, 4.69) is 15.3 Å². The SMILES string of the molecule is Cc1cc(C)nc(-n2nc(-c3ccccc3)c3c2NC(=O)CC3c2cccc([N+](=O)[O-])c2)n1. The van der Waals surface area contributed by atoms with E-state index < -0.39 is 10.8 Å². The quantitative estimate of drug-likeness (QED) is 0.373. The van der Waals surface area contributed by atoms with Gasteiger partial charge in [-0.25, -0.2) is 9.97 Å². The summed E-state index contributed by atoms with van der Waals surface area (Å²) in [6.45, 7) is 3.74. The third-order valence-electron chi connectivity index (χ3n) is 5.61. The maximum Gasteiger partial charge on any atom is 0.269 e. The minimum absolute atomic E-state index is 0.0219. The third kappa shape index (κ3) is 3.73. The van der Waals surface area contributed by atoms with Crippen molar-refractivity contribution in [2.75, 3.05) is 5.32 Å². The Balaban J connectivity index is 1.78. The largest absolute Gasteiger partial charge is 0.310 e. The molecule has 0 spiro atoms. The number of aryl methyl sites for hydroxylation is 2. The number of nitrogens with zero attached hydrogens (tertiary/aromatic N) is 5. The molecule has 1 aliphatic heterocycles. The van der Waals surface area contributed by atoms with E-state index in [9.17, 15) is 14.9 Å². The fourth-order valence-electron chi connectivity index (χ4n) is 4.25. The molecule has 1 amide bonds. The average Bonchev–Trinajstić information content (AvgIpc) is 3.18. The lowest BCUT2D eigenvalue weighted by Gasteiger charge is -2.24. The molecule has 0 saturated carbocycles. The molecule has 164 valence electrons. The molecule has 0 bridgehead atoms. The third-order valence-corrected chi connectivity index (χ3v) is 5.61. The number of amides is 1. The van der Waals surface area contributed by atoms with E-state index in [1.807, 2.05) is 50.2 Å². The standard InChI is InChI=1S/C24H20N6O3/c1-14-11-15(2)26-24(25-14)29-23-21(22(28-29)16-7-4-3-5-8-16)19(13-20(31)27-23)17-9-6-10-18(12-17)30(32)33/h3-12,19H,13H2,1-2H3,(H,27,31). The molecule has 0 radical (unpaired) electrons. The van der Waals surface area contributed by atoms with Crippen LogP contribution in [0.3, 0.4) is 0 Å². The van der Waals surface area contributed by atoms with Crippen LogP contribution in [0, 0.1) is 24.0 Å². The first-order valence-corrected chi connectivity index (χ1v) is 10.5. The minimum Gasteiger partial charge on any atom is -0.310 e. The monoisotopic (exact) mass is 440 g/mol. The van der Waals surface area contributed by atoms with Gasteiger partial charge in [0.25, 0.3) is 11.6 Å². The summed E-state index contributed by atoms with van der Waals surface area (Å²) in [6.07, 6.45) is 0.146. The van der Waals surface area contributed by atoms with Crippen molar-refractivity contribution in [1.82, 2.24) is 19.7 Å². The first-order chi connectivity index (χ1) is 15.9. The van der Waals surface area contributed by atoms with Gasteiger partial charge in [0.05, 0.1) is 10.6 Å². The summed E-state index contributed by atoms with van der Waals surface area (Å²) in [5, 5.41) is 19.1. The number of fused-ring (bicyclic) bond motifs is 1. The van der Waals surface area contributed by atoms with Gasteiger partial charge < -0.3 is 5.32 Å². The van der Waals surface area contributed by atoms with Crippen LogP contribution in [0.2, 0.25) is 0 Å². The lowest BCUT2D eigenvalue weighted by molar-refractivity contribution is -0.384. The topological polar surface area (TPSA) is 116 Å². The molecule has 1 unspecified atom stereocenters. The summed E-state index contributed by atoms with van der Waals surface area (Å²) in [4.78, 5) is 32.8. The molecule has 0 saturated heterocycles. The van der Waals surface area contributed by atoms with Crippen LogP contribution < -0.4 is 5.32 Å². The molecule has 1 aliphatic rings. The van der Waals surface area contributed by atoms with Crippen LogP contribution in [0.4, 0.5) is 11.5 Å². The molecular weight excluding hydrogens is 420 g/mol. The predicted molar refractivity (Wildman–Crippen MR) is 122 cm³/mol. The van der Waals surface area contributed by atoms with E-state index in [4.69, 9.17) is 5.10 Å². The minimum atomic E-state index is -0.432. The van der Waals surface area contributed by atoms with E-state index in [0.29, 0.717) is 23.0 Å². The summed E-state index contributed by atoms with van der Waals surface area (Å²) in [5.41, 5.74) is 4.53. The van der Waals surface area contributed by atoms with E-state index in [0.717, 1.165) is 22.5 Å². The number of nitrogens with one attached hydrogen (secondary N) is 1. The zero-order chi connectivity index (χ0) is 23.1. The van der Waals surface area contributed by atoms with Crippen molar-refractivity contribution in [3.8, 4) is 17.2 Å². The molecule has 3 heterocycles. The van der Waals surface area contributed by atoms with Gasteiger partial charge in [0.2, 0.25) is 5.91 Å². The number of benzene rings is 2. The number of nitro benzene ring substituents is 1. The first-order valence-electron chi connectivity index (χ1n) is 10.5. The van der Waals surface area contributed by atoms with Gasteiger partial charge in [-0.3, -0.25) is 14.9 Å². The van der Waals surface area contributed by atoms with Gasteiger partial charge in [-0.2, -0.15) is 9.78 Å². The van der Waals surface area contributed by atoms with Gasteiger partial charge >= 0.3 is 0 Å². The van der Waals surface area contributed by atoms with Crippen LogP contribution in [0.25, 0.3) is 17.2 Å². The van der Waals surface area contributed by atoms with Crippen LogP contribution >= 0.6 is 0 Å². The van der Waals surface area contributed by atoms with Crippen molar-refractivity contribution in [1.29, 1.82) is 0 Å². The Kier molecular flexibility index (Phi) is 4.93. The van der Waals surface area contributed by atoms with E-state index in [1.165, 1.54) is 12.1 Å². The predicted octanol–water partition coefficient (Wildman–Crippen LogP) is 4.33. The maximum absolute atomic E-state index is 12.8. The van der Waals surface area contributed by atoms with Gasteiger partial charge in [0, 0.05) is 47.0 Å². The average molecular weight is 440 g/mol. The Morgan fingerprint density at radius 3 is 2.45 bits per heavy atom. The normalized spacial score (nSPS) is 15.1. The second kappa shape index (κ2) is 7.94. The Hall–Kier alpha value is -4.40. The van der Waals surface area contributed by atoms with Gasteiger partial charge in [0.1, 0.15) is 5.82 Å². The zero-order valence-corrected chi connectivity index (χ0v) is 18.0. The summed E-state index contributed by atoms with van der Waals surface area (Å²) >= 11 is 0. The maximum atomic E-state index is 12.8. The Morgan fingerprint density at radius 2 is 1.76 bits per heavy atom. The number of hydrogen-bond donors (Lipinski definition) is 1. The molecule has 0 fully saturated rings. The molecule has 0 aliphatic carbocycles. The number of aromatic nitrogens is 4. The number of anilines is 1. The van der Waals surface area contributed by atoms with Crippen molar-refractivity contribution in [2.24, 2.45) is 0 Å². The van der Waals surface area contributed by atoms with Crippen LogP contribution in [0.1, 0.15) is 34.9 Å². The first kappa shape index (κ1) is 20.5. The smallest absolute Gasteiger partial charge is 0.269 e. The summed E-state index contributed by atoms with van der Waals surface area (Å²) in [5.74, 6) is 0.213. The molecule has 4 aromatic rings. The number of carbonyl (C=O) groups excluding carboxylic acids is 1. The summed E-state index contributed by atoms with van der Waals surface area (Å²) < 4.78 is 1.55. The van der Waals surface area contributed by atoms with Crippen LogP contribution in [0.15, 0.2) is 60.7 Å². The Bertz CT molecular complexity index is 1380. The lowest BCUT2D eigenvalue weighted by atomic mass is 9.84. The van der Waals surface area contributed by atoms with Crippen LogP contribution in [0.5, 0.6) is 0 Å². The summed E-state index contributed by atoms with van der Waals surface area (Å²) in [7, 11) is 0. The highest BCUT2D eigenvalue weighted by atomic mass is 16.6. The highest BCUT2D eigenvalue weighted by molar-refractivity contribution is 5.96. The van der Waals surface area contributed by atoms with E-state index >= 15 is 0 Å². The molecule has 5 rings (SSSR count). The van der Waals surface area contributed by atoms with E-state index in [-0.39, 0.29) is 18.0 Å². The van der Waals surface area contributed by atoms with Gasteiger partial charge in [-0.05, 0) is 25.5 Å². The number of hydrogen-bond acceptors (Lipinski definition) is 6. The molecule has 9 nitrogen and oxygen atoms in total. The fraction of sp³-hybridized carbons (Fsp3) is 0.167. The van der Waals surface area contributed by atoms with Crippen molar-refractivity contribution in [3.05, 3.63) is 93.3 Å². The zero-order valence-electron chi connectivity index (χ0n) is 18.0. The second-order valence-electron chi connectivity index (χ2n) is 8.00. The molecule has 2 aromatic carbocycles. The number of rotatable bonds is 4. The number of nitro groups is 1. The van der Waals surface area contributed by atoms with Crippen molar-refractivity contribution in [2.45, 2.75) is 26.2 Å². The van der Waals surface area contributed by atoms with Crippen molar-refractivity contribution >= 4 is 17.4 Å². The van der Waals surface area contributed by atoms with Crippen molar-refractivity contribution < 1.29 is 9.72 Å². The Labute approximate surface area is 189 Å². The lowest BCUT2D eigenvalue weighted by Crippen LogP contribution is -2.25. The molecule has 1 N–H and O–H groups in total. The fourth-order valence-corrected chi connectivity index (χ4v) is 4.25.